The lowest BCUT2D eigenvalue weighted by molar-refractivity contribution is -0.136. The number of sulfonamides is 1. The Kier molecular flexibility index (Phi) is 3.62. The highest BCUT2D eigenvalue weighted by Gasteiger charge is 2.31. The molecule has 1 N–H and O–H groups in total. The van der Waals surface area contributed by atoms with Gasteiger partial charge in [0.25, 0.3) is 0 Å². The van der Waals surface area contributed by atoms with Crippen molar-refractivity contribution in [2.75, 3.05) is 14.2 Å². The van der Waals surface area contributed by atoms with Gasteiger partial charge < -0.3 is 5.11 Å². The summed E-state index contributed by atoms with van der Waals surface area (Å²) < 4.78 is 22.8. The van der Waals surface area contributed by atoms with Gasteiger partial charge in [0, 0.05) is 7.05 Å². The Hall–Kier alpha value is -0.660. The van der Waals surface area contributed by atoms with Gasteiger partial charge in [-0.2, -0.15) is 0 Å². The highest BCUT2D eigenvalue weighted by molar-refractivity contribution is 7.90. The van der Waals surface area contributed by atoms with Crippen LogP contribution in [0.3, 0.4) is 0 Å². The van der Waals surface area contributed by atoms with Crippen molar-refractivity contribution in [1.29, 1.82) is 0 Å². The Labute approximate surface area is 70.7 Å². The van der Waals surface area contributed by atoms with Crippen LogP contribution in [-0.2, 0) is 19.7 Å². The first-order chi connectivity index (χ1) is 5.34. The van der Waals surface area contributed by atoms with E-state index in [2.05, 4.69) is 4.84 Å². The van der Waals surface area contributed by atoms with Crippen molar-refractivity contribution >= 4 is 16.0 Å². The van der Waals surface area contributed by atoms with Gasteiger partial charge in [0.15, 0.2) is 5.25 Å². The minimum Gasteiger partial charge on any atom is -0.480 e. The highest BCUT2D eigenvalue weighted by atomic mass is 32.2. The van der Waals surface area contributed by atoms with Gasteiger partial charge in [-0.05, 0) is 6.92 Å². The molecule has 0 amide bonds. The van der Waals surface area contributed by atoms with E-state index in [4.69, 9.17) is 5.11 Å². The molecule has 7 heteroatoms. The van der Waals surface area contributed by atoms with Crippen molar-refractivity contribution in [3.63, 3.8) is 0 Å². The van der Waals surface area contributed by atoms with Gasteiger partial charge in [-0.15, -0.1) is 0 Å². The first kappa shape index (κ1) is 11.3. The van der Waals surface area contributed by atoms with Crippen molar-refractivity contribution in [3.8, 4) is 0 Å². The molecular weight excluding hydrogens is 186 g/mol. The van der Waals surface area contributed by atoms with E-state index in [0.717, 1.165) is 21.1 Å². The molecule has 0 bridgehead atoms. The van der Waals surface area contributed by atoms with Crippen LogP contribution < -0.4 is 0 Å². The summed E-state index contributed by atoms with van der Waals surface area (Å²) in [4.78, 5) is 14.7. The molecule has 0 aliphatic carbocycles. The van der Waals surface area contributed by atoms with E-state index in [1.54, 1.807) is 0 Å². The van der Waals surface area contributed by atoms with E-state index in [-0.39, 0.29) is 0 Å². The lowest BCUT2D eigenvalue weighted by atomic mass is 10.5. The third kappa shape index (κ3) is 2.16. The Morgan fingerprint density at radius 3 is 2.25 bits per heavy atom. The zero-order chi connectivity index (χ0) is 9.94. The maximum atomic E-state index is 11.1. The monoisotopic (exact) mass is 197 g/mol. The van der Waals surface area contributed by atoms with Crippen molar-refractivity contribution in [1.82, 2.24) is 4.47 Å². The summed E-state index contributed by atoms with van der Waals surface area (Å²) in [6, 6.07) is 0. The molecule has 0 radical (unpaired) electrons. The van der Waals surface area contributed by atoms with E-state index in [1.165, 1.54) is 0 Å². The third-order valence-corrected chi connectivity index (χ3v) is 3.37. The number of hydrogen-bond donors (Lipinski definition) is 1. The SMILES string of the molecule is CON(C)S(=O)(=O)C(C)C(=O)O. The van der Waals surface area contributed by atoms with E-state index in [9.17, 15) is 13.2 Å². The second-order valence-corrected chi connectivity index (χ2v) is 4.37. The van der Waals surface area contributed by atoms with Crippen molar-refractivity contribution in [2.24, 2.45) is 0 Å². The number of carboxylic acid groups (broad SMARTS) is 1. The maximum absolute atomic E-state index is 11.1. The average molecular weight is 197 g/mol. The van der Waals surface area contributed by atoms with Gasteiger partial charge in [0.1, 0.15) is 0 Å². The molecule has 0 saturated heterocycles. The van der Waals surface area contributed by atoms with Crippen LogP contribution in [0, 0.1) is 0 Å². The fourth-order valence-electron chi connectivity index (χ4n) is 0.454. The Morgan fingerprint density at radius 1 is 1.58 bits per heavy atom. The molecule has 0 aliphatic heterocycles. The van der Waals surface area contributed by atoms with Crippen LogP contribution in [0.25, 0.3) is 0 Å². The molecule has 0 heterocycles. The quantitative estimate of drug-likeness (QED) is 0.601. The Bertz CT molecular complexity index is 259. The van der Waals surface area contributed by atoms with Crippen molar-refractivity contribution in [3.05, 3.63) is 0 Å². The van der Waals surface area contributed by atoms with Crippen molar-refractivity contribution < 1.29 is 23.2 Å². The summed E-state index contributed by atoms with van der Waals surface area (Å²) in [6.45, 7) is 1.08. The highest BCUT2D eigenvalue weighted by Crippen LogP contribution is 2.06. The summed E-state index contributed by atoms with van der Waals surface area (Å²) in [5.41, 5.74) is 0. The number of rotatable bonds is 4. The summed E-state index contributed by atoms with van der Waals surface area (Å²) in [6.07, 6.45) is 0. The predicted octanol–water partition coefficient (Wildman–Crippen LogP) is -0.717. The van der Waals surface area contributed by atoms with E-state index in [1.807, 2.05) is 0 Å². The zero-order valence-corrected chi connectivity index (χ0v) is 7.83. The number of carbonyl (C=O) groups is 1. The number of hydrogen-bond acceptors (Lipinski definition) is 4. The number of nitrogens with zero attached hydrogens (tertiary/aromatic N) is 1. The smallest absolute Gasteiger partial charge is 0.323 e. The Morgan fingerprint density at radius 2 is 2.00 bits per heavy atom. The number of aliphatic carboxylic acids is 1. The summed E-state index contributed by atoms with van der Waals surface area (Å²) >= 11 is 0. The van der Waals surface area contributed by atoms with E-state index < -0.39 is 21.2 Å². The van der Waals surface area contributed by atoms with Crippen LogP contribution in [0.15, 0.2) is 0 Å². The average Bonchev–Trinajstić information content (AvgIpc) is 2.01. The minimum absolute atomic E-state index is 0.520. The molecule has 12 heavy (non-hydrogen) atoms. The van der Waals surface area contributed by atoms with Crippen LogP contribution in [0.2, 0.25) is 0 Å². The fraction of sp³-hybridized carbons (Fsp3) is 0.800. The fourth-order valence-corrected chi connectivity index (χ4v) is 1.36. The molecule has 0 fully saturated rings. The molecule has 1 atom stereocenters. The van der Waals surface area contributed by atoms with Gasteiger partial charge in [-0.3, -0.25) is 9.63 Å². The van der Waals surface area contributed by atoms with E-state index >= 15 is 0 Å². The lowest BCUT2D eigenvalue weighted by Crippen LogP contribution is -2.38. The molecule has 72 valence electrons. The zero-order valence-electron chi connectivity index (χ0n) is 7.01. The molecule has 0 saturated carbocycles. The van der Waals surface area contributed by atoms with Crippen LogP contribution in [-0.4, -0.2) is 43.4 Å². The van der Waals surface area contributed by atoms with Crippen LogP contribution in [0.1, 0.15) is 6.92 Å². The van der Waals surface area contributed by atoms with E-state index in [0.29, 0.717) is 4.47 Å². The van der Waals surface area contributed by atoms with Crippen molar-refractivity contribution in [2.45, 2.75) is 12.2 Å². The standard InChI is InChI=1S/C5H11NO5S/c1-4(5(7)8)12(9,10)6(2)11-3/h4H,1-3H3,(H,7,8). The lowest BCUT2D eigenvalue weighted by Gasteiger charge is -2.16. The first-order valence-electron chi connectivity index (χ1n) is 3.08. The maximum Gasteiger partial charge on any atom is 0.323 e. The molecular formula is C5H11NO5S. The predicted molar refractivity (Wildman–Crippen MR) is 40.8 cm³/mol. The molecule has 0 aliphatic rings. The molecule has 1 unspecified atom stereocenters. The summed E-state index contributed by atoms with van der Waals surface area (Å²) in [7, 11) is -1.60. The summed E-state index contributed by atoms with van der Waals surface area (Å²) in [5, 5.41) is 6.90. The summed E-state index contributed by atoms with van der Waals surface area (Å²) in [5.74, 6) is -1.40. The van der Waals surface area contributed by atoms with Crippen LogP contribution >= 0.6 is 0 Å². The molecule has 6 nitrogen and oxygen atoms in total. The third-order valence-electron chi connectivity index (χ3n) is 1.41. The molecule has 0 aromatic carbocycles. The second-order valence-electron chi connectivity index (χ2n) is 2.12. The van der Waals surface area contributed by atoms with Gasteiger partial charge in [0.2, 0.25) is 10.0 Å². The Balaban J connectivity index is 4.74. The molecule has 0 spiro atoms. The van der Waals surface area contributed by atoms with Gasteiger partial charge in [0.05, 0.1) is 7.11 Å². The van der Waals surface area contributed by atoms with Gasteiger partial charge in [-0.25, -0.2) is 8.42 Å². The van der Waals surface area contributed by atoms with Crippen LogP contribution in [0.5, 0.6) is 0 Å². The first-order valence-corrected chi connectivity index (χ1v) is 4.59. The largest absolute Gasteiger partial charge is 0.480 e. The van der Waals surface area contributed by atoms with Gasteiger partial charge >= 0.3 is 5.97 Å². The number of hydroxylamine groups is 1. The minimum atomic E-state index is -3.88. The topological polar surface area (TPSA) is 83.9 Å². The number of carboxylic acids is 1. The molecule has 0 rings (SSSR count). The second kappa shape index (κ2) is 3.83. The normalized spacial score (nSPS) is 14.7. The molecule has 0 aromatic heterocycles. The molecule has 0 aromatic rings. The van der Waals surface area contributed by atoms with Crippen LogP contribution in [0.4, 0.5) is 0 Å². The van der Waals surface area contributed by atoms with Gasteiger partial charge in [-0.1, -0.05) is 4.47 Å².